The normalized spacial score (nSPS) is 15.1. The number of halogens is 3. The van der Waals surface area contributed by atoms with Gasteiger partial charge in [-0.2, -0.15) is 5.26 Å². The third-order valence-electron chi connectivity index (χ3n) is 15.4. The predicted octanol–water partition coefficient (Wildman–Crippen LogP) is 8.37. The van der Waals surface area contributed by atoms with E-state index in [0.717, 1.165) is 0 Å². The molecule has 0 bridgehead atoms. The number of benzene rings is 2. The summed E-state index contributed by atoms with van der Waals surface area (Å²) in [5.74, 6) is -0.275. The van der Waals surface area contributed by atoms with Crippen LogP contribution >= 0.6 is 11.6 Å². The first-order valence-electron chi connectivity index (χ1n) is 30.5. The zero-order valence-corrected chi connectivity index (χ0v) is 53.7. The van der Waals surface area contributed by atoms with E-state index >= 15 is 4.39 Å². The number of aryl methyl sites for hydroxylation is 1. The molecule has 2 aliphatic rings. The molecule has 2 aliphatic heterocycles. The Bertz CT molecular complexity index is 3770. The molecule has 7 aromatic rings. The molecule has 25 nitrogen and oxygen atoms in total. The second-order valence-corrected chi connectivity index (χ2v) is 24.1. The molecule has 93 heavy (non-hydrogen) atoms. The van der Waals surface area contributed by atoms with Gasteiger partial charge in [0.1, 0.15) is 65.3 Å². The first kappa shape index (κ1) is 68.1. The lowest BCUT2D eigenvalue weighted by atomic mass is 9.88. The number of esters is 1. The van der Waals surface area contributed by atoms with Crippen LogP contribution in [0.5, 0.6) is 23.1 Å². The van der Waals surface area contributed by atoms with E-state index < -0.39 is 35.6 Å². The smallest absolute Gasteiger partial charge is 0.328 e. The standard InChI is InChI=1S/C65H75ClF2N14O11/c1-40-34-80(64-71-31-44(32-72-64)60-52(68)29-54-61(76-60)62(59(66)42(3)73-54)74-41(2)50-27-43(30-69)11-13-51(50)67)21-22-82(40)57(84)36-81-35-45(77-78-81)37-89-25-23-88-24-26-90-39-58(85)79-19-16-46(17-20-79)92-49-12-14-56(70-33-49)93-48-10-8-9-47(28-48)91-38-55(83)75-53(63(86)87-7)15-18-65(4,5)6/h8-14,27-29,31-33,35,40-41,46,53H,15-26,34,36-39H2,1-7H3,(H,73,74)(H,75,83)/t40-,41-,53+/m1/s1. The molecule has 0 saturated carbocycles. The summed E-state index contributed by atoms with van der Waals surface area (Å²) in [4.78, 5) is 79.4. The fraction of sp³-hybridized carbons (Fsp3) is 0.446. The average Bonchev–Trinajstić information content (AvgIpc) is 0.910. The van der Waals surface area contributed by atoms with Crippen LogP contribution in [-0.4, -0.2) is 171 Å². The van der Waals surface area contributed by atoms with Crippen molar-refractivity contribution in [1.82, 2.24) is 55.0 Å². The maximum Gasteiger partial charge on any atom is 0.328 e. The Balaban J connectivity index is 0.619. The quantitative estimate of drug-likeness (QED) is 0.0344. The van der Waals surface area contributed by atoms with Crippen molar-refractivity contribution in [2.45, 2.75) is 105 Å². The number of aromatic nitrogens is 8. The fourth-order valence-electron chi connectivity index (χ4n) is 10.4. The number of anilines is 2. The van der Waals surface area contributed by atoms with Crippen LogP contribution in [0.3, 0.4) is 0 Å². The lowest BCUT2D eigenvalue weighted by molar-refractivity contribution is -0.145. The number of hydrogen-bond donors (Lipinski definition) is 2. The summed E-state index contributed by atoms with van der Waals surface area (Å²) in [6.45, 7) is 14.6. The number of carbonyl (C=O) groups is 4. The topological polar surface area (TPSA) is 286 Å². The van der Waals surface area contributed by atoms with Crippen molar-refractivity contribution in [1.29, 1.82) is 5.26 Å². The van der Waals surface area contributed by atoms with E-state index in [0.29, 0.717) is 116 Å². The molecule has 9 rings (SSSR count). The highest BCUT2D eigenvalue weighted by Crippen LogP contribution is 2.37. The van der Waals surface area contributed by atoms with E-state index in [1.165, 1.54) is 48.5 Å². The fourth-order valence-corrected chi connectivity index (χ4v) is 10.6. The number of nitrogens with one attached hydrogen (secondary N) is 2. The van der Waals surface area contributed by atoms with Gasteiger partial charge in [-0.3, -0.25) is 14.4 Å². The number of amides is 3. The van der Waals surface area contributed by atoms with E-state index in [4.69, 9.17) is 44.8 Å². The van der Waals surface area contributed by atoms with Crippen LogP contribution in [0.25, 0.3) is 22.3 Å². The first-order valence-corrected chi connectivity index (χ1v) is 30.9. The number of likely N-dealkylation sites (tertiary alicyclic amines) is 1. The third-order valence-corrected chi connectivity index (χ3v) is 15.9. The highest BCUT2D eigenvalue weighted by molar-refractivity contribution is 6.35. The number of hydrogen-bond acceptors (Lipinski definition) is 21. The Morgan fingerprint density at radius 1 is 0.849 bits per heavy atom. The van der Waals surface area contributed by atoms with Crippen LogP contribution in [-0.2, 0) is 51.3 Å². The second kappa shape index (κ2) is 31.9. The summed E-state index contributed by atoms with van der Waals surface area (Å²) in [5.41, 5.74) is 2.52. The molecule has 28 heteroatoms. The molecule has 0 radical (unpaired) electrons. The molecular formula is C65H75ClF2N14O11. The van der Waals surface area contributed by atoms with Crippen LogP contribution in [0.15, 0.2) is 85.5 Å². The van der Waals surface area contributed by atoms with Gasteiger partial charge in [0.2, 0.25) is 23.6 Å². The minimum Gasteiger partial charge on any atom is -0.489 e. The number of nitrogens with zero attached hydrogens (tertiary/aromatic N) is 12. The Kier molecular flexibility index (Phi) is 23.4. The number of nitriles is 1. The second-order valence-electron chi connectivity index (χ2n) is 23.7. The highest BCUT2D eigenvalue weighted by atomic mass is 35.5. The maximum absolute atomic E-state index is 15.7. The monoisotopic (exact) mass is 1300 g/mol. The Morgan fingerprint density at radius 2 is 1.60 bits per heavy atom. The van der Waals surface area contributed by atoms with Gasteiger partial charge in [0.15, 0.2) is 12.4 Å². The number of piperazine rings is 1. The van der Waals surface area contributed by atoms with E-state index in [1.807, 2.05) is 17.9 Å². The van der Waals surface area contributed by atoms with Gasteiger partial charge >= 0.3 is 5.97 Å². The van der Waals surface area contributed by atoms with Crippen LogP contribution < -0.4 is 29.7 Å². The number of methoxy groups -OCH3 is 1. The van der Waals surface area contributed by atoms with Gasteiger partial charge in [0.05, 0.1) is 92.1 Å². The molecule has 5 aromatic heterocycles. The highest BCUT2D eigenvalue weighted by Gasteiger charge is 2.31. The molecule has 7 heterocycles. The summed E-state index contributed by atoms with van der Waals surface area (Å²) in [7, 11) is 1.29. The van der Waals surface area contributed by atoms with Gasteiger partial charge in [-0.05, 0) is 75.4 Å². The van der Waals surface area contributed by atoms with E-state index in [9.17, 15) is 28.8 Å². The van der Waals surface area contributed by atoms with Crippen LogP contribution in [0.2, 0.25) is 5.02 Å². The average molecular weight is 1300 g/mol. The van der Waals surface area contributed by atoms with Gasteiger partial charge in [0.25, 0.3) is 5.91 Å². The number of pyridine rings is 3. The zero-order chi connectivity index (χ0) is 66.2. The van der Waals surface area contributed by atoms with Gasteiger partial charge in [0, 0.05) is 93.3 Å². The number of carbonyl (C=O) groups excluding carboxylic acids is 4. The van der Waals surface area contributed by atoms with Gasteiger partial charge in [-0.25, -0.2) is 43.2 Å². The van der Waals surface area contributed by atoms with Crippen molar-refractivity contribution >= 4 is 58.0 Å². The maximum atomic E-state index is 15.7. The summed E-state index contributed by atoms with van der Waals surface area (Å²) in [6.07, 6.45) is 8.50. The Morgan fingerprint density at radius 3 is 2.32 bits per heavy atom. The van der Waals surface area contributed by atoms with Crippen molar-refractivity contribution in [2.75, 3.05) is 89.7 Å². The summed E-state index contributed by atoms with van der Waals surface area (Å²) >= 11 is 6.73. The third kappa shape index (κ3) is 19.0. The van der Waals surface area contributed by atoms with Crippen LogP contribution in [0, 0.1) is 35.3 Å². The molecule has 3 atom stereocenters. The molecule has 3 amide bonds. The molecule has 0 aliphatic carbocycles. The zero-order valence-electron chi connectivity index (χ0n) is 52.9. The van der Waals surface area contributed by atoms with Crippen molar-refractivity contribution < 1.29 is 61.1 Å². The minimum atomic E-state index is -0.773. The number of ether oxygens (including phenoxy) is 7. The summed E-state index contributed by atoms with van der Waals surface area (Å²) in [5, 5.41) is 23.8. The molecule has 0 unspecified atom stereocenters. The first-order chi connectivity index (χ1) is 44.7. The minimum absolute atomic E-state index is 0.0203. The molecule has 2 fully saturated rings. The molecule has 2 aromatic carbocycles. The van der Waals surface area contributed by atoms with E-state index in [2.05, 4.69) is 66.6 Å². The molecule has 0 spiro atoms. The number of rotatable bonds is 28. The molecule has 2 saturated heterocycles. The largest absolute Gasteiger partial charge is 0.489 e. The Hall–Kier alpha value is -9.23. The van der Waals surface area contributed by atoms with Crippen molar-refractivity contribution in [3.63, 3.8) is 0 Å². The van der Waals surface area contributed by atoms with Gasteiger partial charge in [-0.1, -0.05) is 43.7 Å². The summed E-state index contributed by atoms with van der Waals surface area (Å²) in [6, 6.07) is 15.9. The summed E-state index contributed by atoms with van der Waals surface area (Å²) < 4.78 is 71.7. The number of fused-ring (bicyclic) bond motifs is 1. The van der Waals surface area contributed by atoms with E-state index in [-0.39, 0.29) is 109 Å². The van der Waals surface area contributed by atoms with Crippen molar-refractivity contribution in [3.05, 3.63) is 125 Å². The van der Waals surface area contributed by atoms with Crippen molar-refractivity contribution in [3.8, 4) is 40.5 Å². The number of piperidine rings is 1. The Labute approximate surface area is 542 Å². The molecule has 492 valence electrons. The predicted molar refractivity (Wildman–Crippen MR) is 337 cm³/mol. The lowest BCUT2D eigenvalue weighted by Gasteiger charge is -2.39. The van der Waals surface area contributed by atoms with Crippen LogP contribution in [0.4, 0.5) is 20.4 Å². The van der Waals surface area contributed by atoms with E-state index in [1.54, 1.807) is 72.4 Å². The lowest BCUT2D eigenvalue weighted by Crippen LogP contribution is -2.55. The molecular weight excluding hydrogens is 1230 g/mol. The SMILES string of the molecule is COC(=O)[C@H](CCC(C)(C)C)NC(=O)COc1cccc(Oc2ccc(OC3CCN(C(=O)COCCOCCOCc4cn(CC(=O)N5CCN(c6ncc(-c7nc8c(N[C@H](C)c9cc(C#N)ccc9F)c(Cl)c(C)nc8cc7F)cn6)C[C@H]5C)nn4)CC3)cn2)c1. The van der Waals surface area contributed by atoms with Gasteiger partial charge in [-0.15, -0.1) is 5.10 Å². The van der Waals surface area contributed by atoms with Gasteiger partial charge < -0.3 is 58.5 Å². The molecule has 2 N–H and O–H groups in total. The van der Waals surface area contributed by atoms with Crippen LogP contribution in [0.1, 0.15) is 88.9 Å². The van der Waals surface area contributed by atoms with Crippen molar-refractivity contribution in [2.24, 2.45) is 5.41 Å².